The Morgan fingerprint density at radius 2 is 0.680 bits per heavy atom. The smallest absolute Gasteiger partial charge is 0.0788 e. The van der Waals surface area contributed by atoms with Gasteiger partial charge in [0.2, 0.25) is 0 Å². The summed E-state index contributed by atoms with van der Waals surface area (Å²) in [6.07, 6.45) is 0. The summed E-state index contributed by atoms with van der Waals surface area (Å²) in [6, 6.07) is 53.0. The predicted octanol–water partition coefficient (Wildman–Crippen LogP) is 13.0. The molecule has 50 heavy (non-hydrogen) atoms. The molecule has 238 valence electrons. The minimum absolute atomic E-state index is 0.952. The van der Waals surface area contributed by atoms with Crippen LogP contribution in [0.4, 0.5) is 0 Å². The number of pyridine rings is 2. The van der Waals surface area contributed by atoms with Gasteiger partial charge in [0.25, 0.3) is 0 Å². The molecule has 0 atom stereocenters. The third-order valence-corrected chi connectivity index (χ3v) is 9.92. The van der Waals surface area contributed by atoms with Gasteiger partial charge in [-0.15, -0.1) is 0 Å². The van der Waals surface area contributed by atoms with E-state index in [0.29, 0.717) is 0 Å². The molecule has 0 saturated heterocycles. The van der Waals surface area contributed by atoms with E-state index in [4.69, 9.17) is 9.97 Å². The van der Waals surface area contributed by atoms with Gasteiger partial charge < -0.3 is 0 Å². The molecule has 2 aromatic heterocycles. The van der Waals surface area contributed by atoms with Crippen LogP contribution in [0.1, 0.15) is 22.3 Å². The Morgan fingerprint density at radius 3 is 1.12 bits per heavy atom. The van der Waals surface area contributed by atoms with Gasteiger partial charge in [-0.1, -0.05) is 138 Å². The third-order valence-electron chi connectivity index (χ3n) is 9.92. The summed E-state index contributed by atoms with van der Waals surface area (Å²) in [4.78, 5) is 10.6. The van der Waals surface area contributed by atoms with Gasteiger partial charge in [-0.05, 0) is 91.1 Å². The Kier molecular flexibility index (Phi) is 7.07. The normalized spacial score (nSPS) is 11.6. The molecule has 2 heterocycles. The Labute approximate surface area is 292 Å². The van der Waals surface area contributed by atoms with Gasteiger partial charge in [-0.3, -0.25) is 0 Å². The minimum atomic E-state index is 0.952. The molecule has 0 radical (unpaired) electrons. The molecule has 0 spiro atoms. The van der Waals surface area contributed by atoms with Crippen LogP contribution >= 0.6 is 0 Å². The number of rotatable bonds is 4. The summed E-state index contributed by atoms with van der Waals surface area (Å²) in [5.74, 6) is 0. The molecular weight excluding hydrogens is 605 g/mol. The summed E-state index contributed by atoms with van der Waals surface area (Å²) in [5.41, 5.74) is 16.1. The molecule has 9 rings (SSSR count). The first-order valence-electron chi connectivity index (χ1n) is 17.3. The van der Waals surface area contributed by atoms with Crippen molar-refractivity contribution in [2.75, 3.05) is 0 Å². The maximum Gasteiger partial charge on any atom is 0.0788 e. The van der Waals surface area contributed by atoms with Crippen LogP contribution in [0.2, 0.25) is 0 Å². The predicted molar refractivity (Wildman–Crippen MR) is 213 cm³/mol. The Morgan fingerprint density at radius 1 is 0.300 bits per heavy atom. The van der Waals surface area contributed by atoms with Crippen molar-refractivity contribution in [2.45, 2.75) is 27.7 Å². The lowest BCUT2D eigenvalue weighted by atomic mass is 9.96. The van der Waals surface area contributed by atoms with Crippen LogP contribution in [0.3, 0.4) is 0 Å². The molecule has 2 nitrogen and oxygen atoms in total. The van der Waals surface area contributed by atoms with Gasteiger partial charge in [-0.25, -0.2) is 9.97 Å². The molecule has 0 aliphatic carbocycles. The lowest BCUT2D eigenvalue weighted by molar-refractivity contribution is 1.38. The van der Waals surface area contributed by atoms with Crippen molar-refractivity contribution in [3.8, 4) is 44.8 Å². The molecular formula is C48H36N2. The zero-order valence-corrected chi connectivity index (χ0v) is 28.8. The summed E-state index contributed by atoms with van der Waals surface area (Å²) in [5, 5.41) is 6.99. The maximum atomic E-state index is 5.30. The van der Waals surface area contributed by atoms with Crippen molar-refractivity contribution in [2.24, 2.45) is 0 Å². The molecule has 0 amide bonds. The molecule has 0 bridgehead atoms. The Balaban J connectivity index is 1.14. The number of hydrogen-bond donors (Lipinski definition) is 0. The average Bonchev–Trinajstić information content (AvgIpc) is 3.13. The van der Waals surface area contributed by atoms with Gasteiger partial charge in [0.15, 0.2) is 0 Å². The summed E-state index contributed by atoms with van der Waals surface area (Å²) >= 11 is 0. The molecule has 0 unspecified atom stereocenters. The highest BCUT2D eigenvalue weighted by Gasteiger charge is 2.12. The Bertz CT molecular complexity index is 2580. The molecule has 9 aromatic rings. The van der Waals surface area contributed by atoms with Crippen LogP contribution in [-0.4, -0.2) is 9.97 Å². The molecule has 0 saturated carbocycles. The third kappa shape index (κ3) is 5.40. The summed E-state index contributed by atoms with van der Waals surface area (Å²) < 4.78 is 0. The first-order valence-corrected chi connectivity index (χ1v) is 17.3. The molecule has 0 aliphatic heterocycles. The fourth-order valence-electron chi connectivity index (χ4n) is 7.61. The number of fused-ring (bicyclic) bond motifs is 6. The highest BCUT2D eigenvalue weighted by Crippen LogP contribution is 2.35. The highest BCUT2D eigenvalue weighted by molar-refractivity contribution is 6.08. The minimum Gasteiger partial charge on any atom is -0.247 e. The quantitative estimate of drug-likeness (QED) is 0.179. The number of aromatic nitrogens is 2. The average molecular weight is 641 g/mol. The van der Waals surface area contributed by atoms with E-state index in [1.165, 1.54) is 66.1 Å². The largest absolute Gasteiger partial charge is 0.247 e. The number of benzene rings is 7. The van der Waals surface area contributed by atoms with Gasteiger partial charge >= 0.3 is 0 Å². The van der Waals surface area contributed by atoms with Crippen molar-refractivity contribution in [1.29, 1.82) is 0 Å². The van der Waals surface area contributed by atoms with Gasteiger partial charge in [0.1, 0.15) is 0 Å². The second kappa shape index (κ2) is 11.8. The number of aryl methyl sites for hydroxylation is 4. The summed E-state index contributed by atoms with van der Waals surface area (Å²) in [7, 11) is 0. The van der Waals surface area contributed by atoms with Crippen LogP contribution in [0, 0.1) is 27.7 Å². The highest BCUT2D eigenvalue weighted by atomic mass is 14.7. The van der Waals surface area contributed by atoms with E-state index in [1.54, 1.807) is 0 Å². The lowest BCUT2D eigenvalue weighted by Crippen LogP contribution is -1.91. The van der Waals surface area contributed by atoms with E-state index in [-0.39, 0.29) is 0 Å². The molecule has 0 N–H and O–H groups in total. The lowest BCUT2D eigenvalue weighted by Gasteiger charge is -2.11. The first-order chi connectivity index (χ1) is 24.3. The van der Waals surface area contributed by atoms with Crippen molar-refractivity contribution >= 4 is 43.4 Å². The van der Waals surface area contributed by atoms with Crippen molar-refractivity contribution in [3.05, 3.63) is 168 Å². The van der Waals surface area contributed by atoms with Crippen LogP contribution in [0.15, 0.2) is 146 Å². The Hall–Kier alpha value is -6.12. The van der Waals surface area contributed by atoms with Crippen LogP contribution < -0.4 is 0 Å². The summed E-state index contributed by atoms with van der Waals surface area (Å²) in [6.45, 7) is 8.64. The maximum absolute atomic E-state index is 5.30. The fourth-order valence-corrected chi connectivity index (χ4v) is 7.61. The zero-order valence-electron chi connectivity index (χ0n) is 28.8. The zero-order chi connectivity index (χ0) is 33.9. The van der Waals surface area contributed by atoms with Crippen LogP contribution in [0.5, 0.6) is 0 Å². The molecule has 7 aromatic carbocycles. The molecule has 0 aliphatic rings. The van der Waals surface area contributed by atoms with Crippen LogP contribution in [0.25, 0.3) is 88.1 Å². The van der Waals surface area contributed by atoms with E-state index in [2.05, 4.69) is 173 Å². The topological polar surface area (TPSA) is 25.8 Å². The van der Waals surface area contributed by atoms with E-state index < -0.39 is 0 Å². The van der Waals surface area contributed by atoms with Crippen LogP contribution in [-0.2, 0) is 0 Å². The van der Waals surface area contributed by atoms with Crippen molar-refractivity contribution in [1.82, 2.24) is 9.97 Å². The van der Waals surface area contributed by atoms with Gasteiger partial charge in [-0.2, -0.15) is 0 Å². The fraction of sp³-hybridized carbons (Fsp3) is 0.0833. The van der Waals surface area contributed by atoms with E-state index in [9.17, 15) is 0 Å². The van der Waals surface area contributed by atoms with Crippen molar-refractivity contribution in [3.63, 3.8) is 0 Å². The SMILES string of the molecule is Cc1cc(C)cc(-c2ccc3ccc4ccc(-c5cccc(-c6ccc7ccc8ccc(-c9cc(C)cc(C)c9)cc8c7n6)c5)nc4c3c2)c1. The standard InChI is InChI=1S/C48H36N2/c1-29-20-30(2)23-41(22-29)37-14-10-33-8-12-35-16-18-45(49-47(35)43(33)27-37)39-6-5-7-40(26-39)46-19-17-36-13-9-34-11-15-38(28-44(34)48(36)50-46)42-24-31(3)21-32(4)25-42/h5-28H,1-4H3. The number of nitrogens with zero attached hydrogens (tertiary/aromatic N) is 2. The molecule has 0 fully saturated rings. The second-order valence-electron chi connectivity index (χ2n) is 13.9. The van der Waals surface area contributed by atoms with Crippen molar-refractivity contribution < 1.29 is 0 Å². The molecule has 2 heteroatoms. The van der Waals surface area contributed by atoms with E-state index in [0.717, 1.165) is 44.3 Å². The van der Waals surface area contributed by atoms with Gasteiger partial charge in [0, 0.05) is 32.7 Å². The number of hydrogen-bond acceptors (Lipinski definition) is 2. The second-order valence-corrected chi connectivity index (χ2v) is 13.9. The van der Waals surface area contributed by atoms with E-state index >= 15 is 0 Å². The monoisotopic (exact) mass is 640 g/mol. The first kappa shape index (κ1) is 30.0. The van der Waals surface area contributed by atoms with Gasteiger partial charge in [0.05, 0.1) is 22.4 Å². The van der Waals surface area contributed by atoms with E-state index in [1.807, 2.05) is 0 Å².